The second-order valence-electron chi connectivity index (χ2n) is 7.02. The van der Waals surface area contributed by atoms with Gasteiger partial charge in [-0.3, -0.25) is 14.5 Å². The van der Waals surface area contributed by atoms with E-state index in [4.69, 9.17) is 27.9 Å². The van der Waals surface area contributed by atoms with Crippen LogP contribution in [-0.4, -0.2) is 66.8 Å². The molecule has 1 aromatic heterocycles. The third-order valence-corrected chi connectivity index (χ3v) is 7.43. The van der Waals surface area contributed by atoms with Crippen molar-refractivity contribution in [1.82, 2.24) is 20.5 Å². The lowest BCUT2D eigenvalue weighted by Crippen LogP contribution is -2.47. The molecule has 0 aliphatic carbocycles. The molecule has 1 aliphatic heterocycles. The molecule has 1 aromatic carbocycles. The number of amides is 2. The first-order valence-electron chi connectivity index (χ1n) is 9.75. The number of likely N-dealkylation sites (N-methyl/N-ethyl adjacent to an activating group) is 1. The average molecular weight is 503 g/mol. The van der Waals surface area contributed by atoms with Crippen LogP contribution in [-0.2, 0) is 27.3 Å². The molecule has 3 rings (SSSR count). The van der Waals surface area contributed by atoms with Crippen LogP contribution >= 0.6 is 46.3 Å². The molecule has 2 amide bonds. The van der Waals surface area contributed by atoms with Crippen LogP contribution in [0.25, 0.3) is 0 Å². The van der Waals surface area contributed by atoms with Crippen molar-refractivity contribution in [2.45, 2.75) is 23.4 Å². The number of hydrogen-bond acceptors (Lipinski definition) is 7. The fraction of sp³-hybridized carbons (Fsp3) is 0.450. The van der Waals surface area contributed by atoms with Gasteiger partial charge >= 0.3 is 0 Å². The topological polar surface area (TPSA) is 83.6 Å². The molecular formula is C20H24Cl2N4O3S2. The molecule has 7 nitrogen and oxygen atoms in total. The highest BCUT2D eigenvalue weighted by atomic mass is 35.5. The van der Waals surface area contributed by atoms with Crippen LogP contribution in [0.1, 0.15) is 11.3 Å². The van der Waals surface area contributed by atoms with Gasteiger partial charge in [0.25, 0.3) is 0 Å². The van der Waals surface area contributed by atoms with Crippen molar-refractivity contribution in [2.75, 3.05) is 39.0 Å². The quantitative estimate of drug-likeness (QED) is 0.513. The van der Waals surface area contributed by atoms with Crippen LogP contribution in [0.2, 0.25) is 10.0 Å². The van der Waals surface area contributed by atoms with E-state index < -0.39 is 0 Å². The molecule has 2 aromatic rings. The van der Waals surface area contributed by atoms with E-state index in [9.17, 15) is 9.59 Å². The SMILES string of the molecule is CNC(=O)Cc1csc(SCC(=O)NC[C@H]2CN(Cc3ccc(Cl)c(Cl)c3)CCO2)n1. The molecule has 0 unspecified atom stereocenters. The van der Waals surface area contributed by atoms with Gasteiger partial charge in [0.15, 0.2) is 4.34 Å². The highest BCUT2D eigenvalue weighted by Crippen LogP contribution is 2.24. The summed E-state index contributed by atoms with van der Waals surface area (Å²) in [6.45, 7) is 3.37. The van der Waals surface area contributed by atoms with Crippen molar-refractivity contribution in [2.24, 2.45) is 0 Å². The molecule has 0 bridgehead atoms. The fourth-order valence-electron chi connectivity index (χ4n) is 3.04. The Morgan fingerprint density at radius 1 is 1.32 bits per heavy atom. The van der Waals surface area contributed by atoms with Gasteiger partial charge in [0, 0.05) is 38.6 Å². The number of thioether (sulfide) groups is 1. The number of hydrogen-bond donors (Lipinski definition) is 2. The van der Waals surface area contributed by atoms with E-state index in [1.165, 1.54) is 23.1 Å². The highest BCUT2D eigenvalue weighted by molar-refractivity contribution is 8.01. The first-order chi connectivity index (χ1) is 14.9. The Labute approximate surface area is 199 Å². The summed E-state index contributed by atoms with van der Waals surface area (Å²) in [5.41, 5.74) is 1.81. The smallest absolute Gasteiger partial charge is 0.230 e. The van der Waals surface area contributed by atoms with Crippen LogP contribution < -0.4 is 10.6 Å². The number of morpholine rings is 1. The molecule has 2 N–H and O–H groups in total. The molecule has 1 fully saturated rings. The van der Waals surface area contributed by atoms with Crippen LogP contribution in [0.4, 0.5) is 0 Å². The molecule has 2 heterocycles. The summed E-state index contributed by atoms with van der Waals surface area (Å²) < 4.78 is 6.57. The summed E-state index contributed by atoms with van der Waals surface area (Å²) >= 11 is 14.9. The van der Waals surface area contributed by atoms with Gasteiger partial charge in [-0.05, 0) is 17.7 Å². The summed E-state index contributed by atoms with van der Waals surface area (Å²) in [5.74, 6) is 0.116. The van der Waals surface area contributed by atoms with Crippen molar-refractivity contribution in [3.8, 4) is 0 Å². The minimum Gasteiger partial charge on any atom is -0.374 e. The van der Waals surface area contributed by atoms with Crippen molar-refractivity contribution in [1.29, 1.82) is 0 Å². The second kappa shape index (κ2) is 12.0. The number of carbonyl (C=O) groups excluding carboxylic acids is 2. The zero-order chi connectivity index (χ0) is 22.2. The van der Waals surface area contributed by atoms with Crippen LogP contribution in [0.5, 0.6) is 0 Å². The van der Waals surface area contributed by atoms with Gasteiger partial charge < -0.3 is 15.4 Å². The summed E-state index contributed by atoms with van der Waals surface area (Å²) in [5, 5.41) is 8.44. The molecule has 0 spiro atoms. The van der Waals surface area contributed by atoms with Gasteiger partial charge in [0.05, 0.1) is 40.6 Å². The number of benzene rings is 1. The first kappa shape index (κ1) is 24.3. The fourth-order valence-corrected chi connectivity index (χ4v) is 5.03. The Hall–Kier alpha value is -1.36. The summed E-state index contributed by atoms with van der Waals surface area (Å²) in [6.07, 6.45) is 0.182. The molecule has 168 valence electrons. The van der Waals surface area contributed by atoms with E-state index in [1.807, 2.05) is 17.5 Å². The number of halogens is 2. The molecule has 1 atom stereocenters. The number of carbonyl (C=O) groups is 2. The van der Waals surface area contributed by atoms with Gasteiger partial charge in [-0.2, -0.15) is 0 Å². The number of rotatable bonds is 9. The van der Waals surface area contributed by atoms with Crippen molar-refractivity contribution < 1.29 is 14.3 Å². The Bertz CT molecular complexity index is 912. The lowest BCUT2D eigenvalue weighted by atomic mass is 10.2. The maximum absolute atomic E-state index is 12.2. The lowest BCUT2D eigenvalue weighted by Gasteiger charge is -2.33. The third-order valence-electron chi connectivity index (χ3n) is 4.62. The minimum absolute atomic E-state index is 0.0653. The first-order valence-corrected chi connectivity index (χ1v) is 12.4. The predicted octanol–water partition coefficient (Wildman–Crippen LogP) is 2.85. The summed E-state index contributed by atoms with van der Waals surface area (Å²) in [4.78, 5) is 30.3. The Kier molecular flexibility index (Phi) is 9.43. The van der Waals surface area contributed by atoms with Gasteiger partial charge in [-0.1, -0.05) is 41.0 Å². The van der Waals surface area contributed by atoms with Crippen molar-refractivity contribution >= 4 is 58.1 Å². The number of aromatic nitrogens is 1. The molecule has 1 saturated heterocycles. The zero-order valence-electron chi connectivity index (χ0n) is 17.0. The van der Waals surface area contributed by atoms with E-state index in [2.05, 4.69) is 20.5 Å². The number of nitrogens with one attached hydrogen (secondary N) is 2. The number of ether oxygens (including phenoxy) is 1. The van der Waals surface area contributed by atoms with E-state index in [0.717, 1.165) is 29.5 Å². The van der Waals surface area contributed by atoms with E-state index in [-0.39, 0.29) is 30.1 Å². The van der Waals surface area contributed by atoms with E-state index in [0.29, 0.717) is 28.9 Å². The normalized spacial score (nSPS) is 16.8. The Morgan fingerprint density at radius 2 is 2.16 bits per heavy atom. The van der Waals surface area contributed by atoms with E-state index in [1.54, 1.807) is 13.1 Å². The van der Waals surface area contributed by atoms with Crippen LogP contribution in [0.3, 0.4) is 0 Å². The van der Waals surface area contributed by atoms with Gasteiger partial charge in [-0.25, -0.2) is 4.98 Å². The Morgan fingerprint density at radius 3 is 2.94 bits per heavy atom. The van der Waals surface area contributed by atoms with Crippen LogP contribution in [0.15, 0.2) is 27.9 Å². The van der Waals surface area contributed by atoms with Gasteiger partial charge in [-0.15, -0.1) is 11.3 Å². The average Bonchev–Trinajstić information content (AvgIpc) is 3.21. The molecule has 0 saturated carbocycles. The molecule has 11 heteroatoms. The zero-order valence-corrected chi connectivity index (χ0v) is 20.2. The standard InChI is InChI=1S/C20H24Cl2N4O3S2/c1-23-18(27)7-14-11-30-20(25-14)31-12-19(28)24-8-15-10-26(4-5-29-15)9-13-2-3-16(21)17(22)6-13/h2-3,6,11,15H,4-5,7-10,12H2,1H3,(H,23,27)(H,24,28)/t15-/m0/s1. The van der Waals surface area contributed by atoms with E-state index >= 15 is 0 Å². The Balaban J connectivity index is 1.38. The van der Waals surface area contributed by atoms with Gasteiger partial charge in [0.2, 0.25) is 11.8 Å². The number of thiazole rings is 1. The third kappa shape index (κ3) is 7.93. The van der Waals surface area contributed by atoms with Crippen molar-refractivity contribution in [3.05, 3.63) is 44.9 Å². The van der Waals surface area contributed by atoms with Crippen molar-refractivity contribution in [3.63, 3.8) is 0 Å². The van der Waals surface area contributed by atoms with Crippen LogP contribution in [0, 0.1) is 0 Å². The van der Waals surface area contributed by atoms with Gasteiger partial charge in [0.1, 0.15) is 0 Å². The second-order valence-corrected chi connectivity index (χ2v) is 9.92. The molecule has 1 aliphatic rings. The maximum Gasteiger partial charge on any atom is 0.230 e. The summed E-state index contributed by atoms with van der Waals surface area (Å²) in [7, 11) is 1.59. The monoisotopic (exact) mass is 502 g/mol. The predicted molar refractivity (Wildman–Crippen MR) is 125 cm³/mol. The molecular weight excluding hydrogens is 479 g/mol. The minimum atomic E-state index is -0.0831. The summed E-state index contributed by atoms with van der Waals surface area (Å²) in [6, 6.07) is 5.65. The molecule has 31 heavy (non-hydrogen) atoms. The molecule has 0 radical (unpaired) electrons. The lowest BCUT2D eigenvalue weighted by molar-refractivity contribution is -0.120. The largest absolute Gasteiger partial charge is 0.374 e. The maximum atomic E-state index is 12.2. The highest BCUT2D eigenvalue weighted by Gasteiger charge is 2.21. The number of nitrogens with zero attached hydrogens (tertiary/aromatic N) is 2.